The van der Waals surface area contributed by atoms with Crippen LogP contribution in [0, 0.1) is 0 Å². The number of guanidine groups is 1. The number of benzene rings is 1. The van der Waals surface area contributed by atoms with E-state index in [4.69, 9.17) is 16.3 Å². The van der Waals surface area contributed by atoms with E-state index in [1.54, 1.807) is 12.3 Å². The number of pyridine rings is 1. The number of aliphatic imine (C=N–C) groups is 1. The van der Waals surface area contributed by atoms with Crippen LogP contribution in [0.4, 0.5) is 0 Å². The first kappa shape index (κ1) is 25.4. The van der Waals surface area contributed by atoms with E-state index in [2.05, 4.69) is 20.6 Å². The lowest BCUT2D eigenvalue weighted by Gasteiger charge is -2.14. The van der Waals surface area contributed by atoms with Crippen molar-refractivity contribution in [3.05, 3.63) is 81.1 Å². The van der Waals surface area contributed by atoms with E-state index in [0.29, 0.717) is 42.4 Å². The molecular formula is C22H26ClIN4O2S. The van der Waals surface area contributed by atoms with Gasteiger partial charge in [-0.2, -0.15) is 0 Å². The van der Waals surface area contributed by atoms with Gasteiger partial charge in [-0.25, -0.2) is 9.98 Å². The average Bonchev–Trinajstić information content (AvgIpc) is 3.21. The fourth-order valence-electron chi connectivity index (χ4n) is 2.67. The van der Waals surface area contributed by atoms with Crippen molar-refractivity contribution < 1.29 is 9.84 Å². The lowest BCUT2D eigenvalue weighted by Crippen LogP contribution is -2.39. The number of nitrogens with one attached hydrogen (secondary N) is 2. The highest BCUT2D eigenvalue weighted by Crippen LogP contribution is 2.26. The Hall–Kier alpha value is -1.88. The Bertz CT molecular complexity index is 955. The number of aromatic nitrogens is 1. The van der Waals surface area contributed by atoms with Crippen LogP contribution < -0.4 is 15.4 Å². The normalized spacial score (nSPS) is 12.0. The molecule has 0 aliphatic rings. The number of thiophene rings is 1. The predicted octanol–water partition coefficient (Wildman–Crippen LogP) is 4.78. The molecule has 0 radical (unpaired) electrons. The van der Waals surface area contributed by atoms with Crippen LogP contribution in [0.5, 0.6) is 5.88 Å². The zero-order valence-electron chi connectivity index (χ0n) is 17.1. The molecule has 0 fully saturated rings. The first-order chi connectivity index (χ1) is 14.6. The van der Waals surface area contributed by atoms with Crippen molar-refractivity contribution in [3.8, 4) is 5.88 Å². The van der Waals surface area contributed by atoms with Crippen LogP contribution in [0.1, 0.15) is 29.0 Å². The minimum absolute atomic E-state index is 0. The highest BCUT2D eigenvalue weighted by molar-refractivity contribution is 14.0. The lowest BCUT2D eigenvalue weighted by atomic mass is 10.2. The maximum Gasteiger partial charge on any atom is 0.213 e. The summed E-state index contributed by atoms with van der Waals surface area (Å²) in [7, 11) is 0. The summed E-state index contributed by atoms with van der Waals surface area (Å²) < 4.78 is 6.44. The number of rotatable bonds is 9. The van der Waals surface area contributed by atoms with E-state index in [1.807, 2.05) is 55.5 Å². The molecule has 0 spiro atoms. The van der Waals surface area contributed by atoms with Crippen molar-refractivity contribution in [2.24, 2.45) is 4.99 Å². The summed E-state index contributed by atoms with van der Waals surface area (Å²) in [5, 5.41) is 16.7. The van der Waals surface area contributed by atoms with Crippen LogP contribution in [0.2, 0.25) is 4.34 Å². The molecule has 0 amide bonds. The molecule has 3 aromatic rings. The molecule has 0 saturated carbocycles. The first-order valence-corrected chi connectivity index (χ1v) is 10.9. The van der Waals surface area contributed by atoms with Gasteiger partial charge in [-0.3, -0.25) is 0 Å². The number of hydrogen-bond acceptors (Lipinski definition) is 5. The van der Waals surface area contributed by atoms with Gasteiger partial charge >= 0.3 is 0 Å². The maximum atomic E-state index is 10.3. The third-order valence-electron chi connectivity index (χ3n) is 4.18. The molecule has 3 N–H and O–H groups in total. The Balaban J connectivity index is 0.00000341. The predicted molar refractivity (Wildman–Crippen MR) is 138 cm³/mol. The second-order valence-electron chi connectivity index (χ2n) is 6.51. The monoisotopic (exact) mass is 572 g/mol. The molecule has 2 heterocycles. The molecule has 166 valence electrons. The second-order valence-corrected chi connectivity index (χ2v) is 8.26. The van der Waals surface area contributed by atoms with E-state index < -0.39 is 6.10 Å². The lowest BCUT2D eigenvalue weighted by molar-refractivity contribution is 0.184. The largest absolute Gasteiger partial charge is 0.473 e. The number of halogens is 2. The molecule has 1 aromatic carbocycles. The Morgan fingerprint density at radius 2 is 1.97 bits per heavy atom. The first-order valence-electron chi connectivity index (χ1n) is 9.71. The molecule has 6 nitrogen and oxygen atoms in total. The minimum atomic E-state index is -0.648. The molecule has 1 atom stereocenters. The summed E-state index contributed by atoms with van der Waals surface area (Å²) in [4.78, 5) is 9.68. The van der Waals surface area contributed by atoms with Gasteiger partial charge in [0, 0.05) is 30.2 Å². The Morgan fingerprint density at radius 3 is 2.68 bits per heavy atom. The molecule has 0 aliphatic carbocycles. The quantitative estimate of drug-likeness (QED) is 0.195. The second kappa shape index (κ2) is 13.5. The highest BCUT2D eigenvalue weighted by atomic mass is 127. The molecule has 9 heteroatoms. The van der Waals surface area contributed by atoms with E-state index in [9.17, 15) is 5.11 Å². The van der Waals surface area contributed by atoms with Crippen molar-refractivity contribution >= 4 is 52.9 Å². The van der Waals surface area contributed by atoms with Gasteiger partial charge < -0.3 is 20.5 Å². The van der Waals surface area contributed by atoms with Crippen molar-refractivity contribution in [1.29, 1.82) is 0 Å². The molecule has 0 bridgehead atoms. The third kappa shape index (κ3) is 8.64. The molecule has 31 heavy (non-hydrogen) atoms. The molecular weight excluding hydrogens is 547 g/mol. The van der Waals surface area contributed by atoms with Gasteiger partial charge in [0.2, 0.25) is 5.88 Å². The SMILES string of the molecule is CCNC(=NCc1ccnc(OCc2ccccc2)c1)NCC(O)c1ccc(Cl)s1.I. The van der Waals surface area contributed by atoms with Crippen molar-refractivity contribution in [2.75, 3.05) is 13.1 Å². The smallest absolute Gasteiger partial charge is 0.213 e. The fraction of sp³-hybridized carbons (Fsp3) is 0.273. The summed E-state index contributed by atoms with van der Waals surface area (Å²) in [6.45, 7) is 3.98. The average molecular weight is 573 g/mol. The van der Waals surface area contributed by atoms with Crippen LogP contribution >= 0.6 is 46.9 Å². The van der Waals surface area contributed by atoms with Crippen LogP contribution in [-0.4, -0.2) is 29.1 Å². The summed E-state index contributed by atoms with van der Waals surface area (Å²) in [6.07, 6.45) is 1.07. The third-order valence-corrected chi connectivity index (χ3v) is 5.51. The van der Waals surface area contributed by atoms with E-state index >= 15 is 0 Å². The molecule has 0 aliphatic heterocycles. The van der Waals surface area contributed by atoms with Gasteiger partial charge in [-0.05, 0) is 36.2 Å². The van der Waals surface area contributed by atoms with E-state index in [1.165, 1.54) is 11.3 Å². The summed E-state index contributed by atoms with van der Waals surface area (Å²) in [5.74, 6) is 1.19. The fourth-order valence-corrected chi connectivity index (χ4v) is 3.72. The summed E-state index contributed by atoms with van der Waals surface area (Å²) in [6, 6.07) is 17.4. The number of aliphatic hydroxyl groups is 1. The zero-order chi connectivity index (χ0) is 21.2. The van der Waals surface area contributed by atoms with Gasteiger partial charge in [0.25, 0.3) is 0 Å². The Labute approximate surface area is 208 Å². The summed E-state index contributed by atoms with van der Waals surface area (Å²) in [5.41, 5.74) is 2.07. The van der Waals surface area contributed by atoms with Crippen LogP contribution in [0.15, 0.2) is 65.8 Å². The highest BCUT2D eigenvalue weighted by Gasteiger charge is 2.11. The van der Waals surface area contributed by atoms with Crippen LogP contribution in [0.3, 0.4) is 0 Å². The van der Waals surface area contributed by atoms with Crippen molar-refractivity contribution in [3.63, 3.8) is 0 Å². The Morgan fingerprint density at radius 1 is 1.16 bits per heavy atom. The number of aliphatic hydroxyl groups excluding tert-OH is 1. The van der Waals surface area contributed by atoms with Gasteiger partial charge in [-0.15, -0.1) is 35.3 Å². The standard InChI is InChI=1S/C22H25ClN4O2S.HI/c1-2-24-22(27-14-18(28)19-8-9-20(23)30-19)26-13-17-10-11-25-21(12-17)29-15-16-6-4-3-5-7-16;/h3-12,18,28H,2,13-15H2,1H3,(H2,24,26,27);1H. The van der Waals surface area contributed by atoms with Crippen LogP contribution in [0.25, 0.3) is 0 Å². The number of hydrogen-bond donors (Lipinski definition) is 3. The minimum Gasteiger partial charge on any atom is -0.473 e. The van der Waals surface area contributed by atoms with Gasteiger partial charge in [0.15, 0.2) is 5.96 Å². The summed E-state index contributed by atoms with van der Waals surface area (Å²) >= 11 is 7.31. The maximum absolute atomic E-state index is 10.3. The van der Waals surface area contributed by atoms with Gasteiger partial charge in [0.05, 0.1) is 10.9 Å². The van der Waals surface area contributed by atoms with Crippen LogP contribution in [-0.2, 0) is 13.2 Å². The Kier molecular flexibility index (Phi) is 11.1. The zero-order valence-corrected chi connectivity index (χ0v) is 21.0. The van der Waals surface area contributed by atoms with Gasteiger partial charge in [-0.1, -0.05) is 41.9 Å². The van der Waals surface area contributed by atoms with Crippen molar-refractivity contribution in [2.45, 2.75) is 26.2 Å². The van der Waals surface area contributed by atoms with Crippen molar-refractivity contribution in [1.82, 2.24) is 15.6 Å². The molecule has 0 saturated heterocycles. The van der Waals surface area contributed by atoms with E-state index in [0.717, 1.165) is 16.0 Å². The molecule has 3 rings (SSSR count). The number of ether oxygens (including phenoxy) is 1. The number of nitrogens with zero attached hydrogens (tertiary/aromatic N) is 2. The van der Waals surface area contributed by atoms with Gasteiger partial charge in [0.1, 0.15) is 12.7 Å². The molecule has 2 aromatic heterocycles. The van der Waals surface area contributed by atoms with E-state index in [-0.39, 0.29) is 24.0 Å². The molecule has 1 unspecified atom stereocenters. The topological polar surface area (TPSA) is 78.8 Å².